The van der Waals surface area contributed by atoms with Crippen molar-refractivity contribution < 1.29 is 13.2 Å². The minimum absolute atomic E-state index is 0.0527. The summed E-state index contributed by atoms with van der Waals surface area (Å²) in [5.74, 6) is 0.964. The van der Waals surface area contributed by atoms with Crippen LogP contribution in [0.2, 0.25) is 0 Å². The van der Waals surface area contributed by atoms with Crippen LogP contribution >= 0.6 is 0 Å². The summed E-state index contributed by atoms with van der Waals surface area (Å²) in [6.45, 7) is 8.83. The Morgan fingerprint density at radius 2 is 1.79 bits per heavy atom. The van der Waals surface area contributed by atoms with Gasteiger partial charge in [0.05, 0.1) is 4.90 Å². The van der Waals surface area contributed by atoms with Gasteiger partial charge in [-0.05, 0) is 55.6 Å². The first-order chi connectivity index (χ1) is 11.1. The Bertz CT molecular complexity index is 736. The van der Waals surface area contributed by atoms with Crippen LogP contribution in [0.15, 0.2) is 29.2 Å². The van der Waals surface area contributed by atoms with E-state index in [0.717, 1.165) is 19.3 Å². The zero-order chi connectivity index (χ0) is 17.7. The molecule has 0 bridgehead atoms. The van der Waals surface area contributed by atoms with Crippen molar-refractivity contribution in [2.75, 3.05) is 6.54 Å². The van der Waals surface area contributed by atoms with E-state index in [1.807, 2.05) is 0 Å². The maximum absolute atomic E-state index is 13.1. The number of ketones is 1. The summed E-state index contributed by atoms with van der Waals surface area (Å²) < 4.78 is 28.0. The van der Waals surface area contributed by atoms with Gasteiger partial charge in [-0.2, -0.15) is 4.31 Å². The van der Waals surface area contributed by atoms with E-state index < -0.39 is 10.0 Å². The summed E-state index contributed by atoms with van der Waals surface area (Å²) in [7, 11) is -3.50. The molecule has 1 heterocycles. The van der Waals surface area contributed by atoms with Crippen molar-refractivity contribution in [3.63, 3.8) is 0 Å². The van der Waals surface area contributed by atoms with Gasteiger partial charge < -0.3 is 0 Å². The monoisotopic (exact) mass is 349 g/mol. The van der Waals surface area contributed by atoms with Crippen LogP contribution in [0.25, 0.3) is 0 Å². The number of benzene rings is 1. The van der Waals surface area contributed by atoms with Gasteiger partial charge in [0.1, 0.15) is 0 Å². The molecule has 1 aliphatic carbocycles. The molecule has 0 spiro atoms. The molecule has 24 heavy (non-hydrogen) atoms. The van der Waals surface area contributed by atoms with E-state index in [9.17, 15) is 13.2 Å². The normalized spacial score (nSPS) is 30.1. The zero-order valence-electron chi connectivity index (χ0n) is 15.0. The van der Waals surface area contributed by atoms with Gasteiger partial charge in [0.2, 0.25) is 10.0 Å². The predicted octanol–water partition coefficient (Wildman–Crippen LogP) is 3.72. The molecule has 4 nitrogen and oxygen atoms in total. The van der Waals surface area contributed by atoms with E-state index in [-0.39, 0.29) is 17.2 Å². The number of carbonyl (C=O) groups excluding carboxylic acids is 1. The Kier molecular flexibility index (Phi) is 4.37. The molecule has 1 saturated heterocycles. The highest BCUT2D eigenvalue weighted by atomic mass is 32.2. The van der Waals surface area contributed by atoms with Crippen LogP contribution in [0.1, 0.15) is 57.3 Å². The fourth-order valence-electron chi connectivity index (χ4n) is 4.73. The lowest BCUT2D eigenvalue weighted by atomic mass is 9.66. The molecule has 0 amide bonds. The Morgan fingerprint density at radius 3 is 2.38 bits per heavy atom. The summed E-state index contributed by atoms with van der Waals surface area (Å²) in [6, 6.07) is 6.45. The number of sulfonamides is 1. The van der Waals surface area contributed by atoms with E-state index in [2.05, 4.69) is 20.8 Å². The third kappa shape index (κ3) is 3.04. The van der Waals surface area contributed by atoms with E-state index in [4.69, 9.17) is 0 Å². The van der Waals surface area contributed by atoms with E-state index >= 15 is 0 Å². The number of carbonyl (C=O) groups is 1. The standard InChI is InChI=1S/C19H27NO3S/c1-13-11-19(3,4)12-18-17(13)9-10-20(18)24(22,23)16-7-5-15(6-8-16)14(2)21/h5-8,13,17-18H,9-12H2,1-4H3. The molecule has 5 heteroatoms. The molecule has 3 unspecified atom stereocenters. The Labute approximate surface area is 145 Å². The minimum atomic E-state index is -3.50. The van der Waals surface area contributed by atoms with Crippen LogP contribution in [0, 0.1) is 17.3 Å². The van der Waals surface area contributed by atoms with Crippen LogP contribution in [0.4, 0.5) is 0 Å². The van der Waals surface area contributed by atoms with E-state index in [1.165, 1.54) is 6.92 Å². The number of nitrogens with zero attached hydrogens (tertiary/aromatic N) is 1. The van der Waals surface area contributed by atoms with Crippen molar-refractivity contribution in [1.29, 1.82) is 0 Å². The lowest BCUT2D eigenvalue weighted by molar-refractivity contribution is 0.0909. The zero-order valence-corrected chi connectivity index (χ0v) is 15.8. The minimum Gasteiger partial charge on any atom is -0.295 e. The second-order valence-corrected chi connectivity index (χ2v) is 10.2. The van der Waals surface area contributed by atoms with Crippen molar-refractivity contribution in [3.8, 4) is 0 Å². The maximum atomic E-state index is 13.1. The van der Waals surface area contributed by atoms with Crippen LogP contribution in [-0.2, 0) is 10.0 Å². The second kappa shape index (κ2) is 5.95. The van der Waals surface area contributed by atoms with Crippen LogP contribution in [0.3, 0.4) is 0 Å². The number of fused-ring (bicyclic) bond motifs is 1. The Balaban J connectivity index is 1.91. The Morgan fingerprint density at radius 1 is 1.17 bits per heavy atom. The fourth-order valence-corrected chi connectivity index (χ4v) is 6.42. The van der Waals surface area contributed by atoms with Gasteiger partial charge in [-0.1, -0.05) is 32.9 Å². The number of hydrogen-bond acceptors (Lipinski definition) is 3. The molecule has 0 N–H and O–H groups in total. The van der Waals surface area contributed by atoms with Gasteiger partial charge in [-0.15, -0.1) is 0 Å². The van der Waals surface area contributed by atoms with E-state index in [1.54, 1.807) is 28.6 Å². The molecule has 2 fully saturated rings. The Hall–Kier alpha value is -1.20. The molecule has 132 valence electrons. The summed E-state index contributed by atoms with van der Waals surface area (Å²) in [5.41, 5.74) is 0.720. The summed E-state index contributed by atoms with van der Waals surface area (Å²) in [5, 5.41) is 0. The van der Waals surface area contributed by atoms with Gasteiger partial charge in [-0.25, -0.2) is 8.42 Å². The highest BCUT2D eigenvalue weighted by molar-refractivity contribution is 7.89. The molecule has 1 saturated carbocycles. The average molecular weight is 349 g/mol. The third-order valence-electron chi connectivity index (χ3n) is 5.78. The van der Waals surface area contributed by atoms with Gasteiger partial charge >= 0.3 is 0 Å². The molecule has 1 aliphatic heterocycles. The lowest BCUT2D eigenvalue weighted by Gasteiger charge is -2.43. The van der Waals surface area contributed by atoms with Gasteiger partial charge in [-0.3, -0.25) is 4.79 Å². The molecule has 1 aromatic carbocycles. The van der Waals surface area contributed by atoms with Gasteiger partial charge in [0.25, 0.3) is 0 Å². The van der Waals surface area contributed by atoms with Crippen molar-refractivity contribution in [2.45, 2.75) is 57.9 Å². The summed E-state index contributed by atoms with van der Waals surface area (Å²) in [6.07, 6.45) is 3.04. The van der Waals surface area contributed by atoms with Crippen molar-refractivity contribution in [1.82, 2.24) is 4.31 Å². The van der Waals surface area contributed by atoms with Crippen LogP contribution < -0.4 is 0 Å². The topological polar surface area (TPSA) is 54.5 Å². The number of Topliss-reactive ketones (excluding diaryl/α,β-unsaturated/α-hetero) is 1. The molecule has 3 rings (SSSR count). The molecule has 1 aromatic rings. The lowest BCUT2D eigenvalue weighted by Crippen LogP contribution is -2.45. The molecule has 2 aliphatic rings. The number of rotatable bonds is 3. The smallest absolute Gasteiger partial charge is 0.243 e. The second-order valence-electron chi connectivity index (χ2n) is 8.27. The number of hydrogen-bond donors (Lipinski definition) is 0. The largest absolute Gasteiger partial charge is 0.295 e. The highest BCUT2D eigenvalue weighted by Gasteiger charge is 2.49. The quantitative estimate of drug-likeness (QED) is 0.782. The maximum Gasteiger partial charge on any atom is 0.243 e. The summed E-state index contributed by atoms with van der Waals surface area (Å²) in [4.78, 5) is 11.7. The molecular weight excluding hydrogens is 322 g/mol. The van der Waals surface area contributed by atoms with Crippen molar-refractivity contribution >= 4 is 15.8 Å². The summed E-state index contributed by atoms with van der Waals surface area (Å²) >= 11 is 0. The van der Waals surface area contributed by atoms with Crippen molar-refractivity contribution in [3.05, 3.63) is 29.8 Å². The molecule has 0 aromatic heterocycles. The first-order valence-electron chi connectivity index (χ1n) is 8.75. The fraction of sp³-hybridized carbons (Fsp3) is 0.632. The molecule has 0 radical (unpaired) electrons. The van der Waals surface area contributed by atoms with Crippen LogP contribution in [0.5, 0.6) is 0 Å². The van der Waals surface area contributed by atoms with Crippen molar-refractivity contribution in [2.24, 2.45) is 17.3 Å². The highest BCUT2D eigenvalue weighted by Crippen LogP contribution is 2.49. The van der Waals surface area contributed by atoms with E-state index in [0.29, 0.717) is 28.8 Å². The molecule has 3 atom stereocenters. The predicted molar refractivity (Wildman–Crippen MR) is 94.4 cm³/mol. The molecular formula is C19H27NO3S. The first kappa shape index (κ1) is 17.6. The van der Waals surface area contributed by atoms with Gasteiger partial charge in [0, 0.05) is 18.2 Å². The average Bonchev–Trinajstić information content (AvgIpc) is 2.90. The van der Waals surface area contributed by atoms with Crippen LogP contribution in [-0.4, -0.2) is 31.1 Å². The first-order valence-corrected chi connectivity index (χ1v) is 10.2. The SMILES string of the molecule is CC(=O)c1ccc(S(=O)(=O)N2CCC3C(C)CC(C)(C)CC32)cc1. The third-order valence-corrected chi connectivity index (χ3v) is 7.72. The van der Waals surface area contributed by atoms with Gasteiger partial charge in [0.15, 0.2) is 5.78 Å².